The van der Waals surface area contributed by atoms with Crippen LogP contribution in [-0.2, 0) is 6.54 Å². The number of benzene rings is 5. The fraction of sp³-hybridized carbons (Fsp3) is 0.0312. The number of nitrogens with zero attached hydrogens (tertiary/aromatic N) is 1. The van der Waals surface area contributed by atoms with Crippen molar-refractivity contribution in [1.29, 1.82) is 0 Å². The second-order valence-corrected chi connectivity index (χ2v) is 10.1. The second kappa shape index (κ2) is 8.30. The molecule has 0 spiro atoms. The Bertz CT molecular complexity index is 2220. The van der Waals surface area contributed by atoms with Crippen LogP contribution in [0.5, 0.6) is 0 Å². The number of hydrogen-bond acceptors (Lipinski definition) is 2. The van der Waals surface area contributed by atoms with Gasteiger partial charge in [-0.15, -0.1) is 0 Å². The topological polar surface area (TPSA) is 72.3 Å². The standard InChI is InChI=1S/C32H21B2N5/c33-18-5-9-28-24(11-18)17(15-36-28)14-35-20-7-8-22-21-3-1-2-4-23(21)30-31(26(22)13-20)39-32(38-30)27-16-37-29-10-6-19(34)12-25(27)29/h1-13,15-16,35-37H,14H2,(H,38,39). The molecule has 3 aromatic heterocycles. The first-order chi connectivity index (χ1) is 19.1. The maximum absolute atomic E-state index is 6.11. The van der Waals surface area contributed by atoms with Gasteiger partial charge in [-0.3, -0.25) is 0 Å². The minimum absolute atomic E-state index is 0.675. The summed E-state index contributed by atoms with van der Waals surface area (Å²) in [4.78, 5) is 15.5. The number of nitrogens with one attached hydrogen (secondary N) is 4. The second-order valence-electron chi connectivity index (χ2n) is 10.1. The van der Waals surface area contributed by atoms with Crippen LogP contribution in [0.2, 0.25) is 0 Å². The molecule has 7 heteroatoms. The van der Waals surface area contributed by atoms with Crippen molar-refractivity contribution in [3.8, 4) is 11.4 Å². The zero-order chi connectivity index (χ0) is 26.1. The molecule has 8 aromatic rings. The molecule has 0 aliphatic heterocycles. The third-order valence-corrected chi connectivity index (χ3v) is 7.70. The molecule has 0 atom stereocenters. The first kappa shape index (κ1) is 22.1. The molecule has 4 radical (unpaired) electrons. The van der Waals surface area contributed by atoms with Gasteiger partial charge in [-0.1, -0.05) is 65.5 Å². The van der Waals surface area contributed by atoms with Gasteiger partial charge in [0.15, 0.2) is 0 Å². The predicted molar refractivity (Wildman–Crippen MR) is 165 cm³/mol. The van der Waals surface area contributed by atoms with Crippen molar-refractivity contribution >= 4 is 86.7 Å². The van der Waals surface area contributed by atoms with E-state index >= 15 is 0 Å². The number of aromatic amines is 3. The zero-order valence-corrected chi connectivity index (χ0v) is 21.0. The van der Waals surface area contributed by atoms with Crippen LogP contribution in [0.4, 0.5) is 5.69 Å². The van der Waals surface area contributed by atoms with E-state index in [9.17, 15) is 0 Å². The van der Waals surface area contributed by atoms with Crippen molar-refractivity contribution in [2.75, 3.05) is 5.32 Å². The van der Waals surface area contributed by atoms with Crippen LogP contribution in [0.15, 0.2) is 91.3 Å². The highest BCUT2D eigenvalue weighted by molar-refractivity contribution is 6.33. The molecule has 180 valence electrons. The van der Waals surface area contributed by atoms with Gasteiger partial charge < -0.3 is 20.3 Å². The van der Waals surface area contributed by atoms with Gasteiger partial charge in [-0.2, -0.15) is 0 Å². The lowest BCUT2D eigenvalue weighted by molar-refractivity contribution is 1.16. The van der Waals surface area contributed by atoms with E-state index in [0.29, 0.717) is 6.54 Å². The van der Waals surface area contributed by atoms with Crippen LogP contribution in [0.1, 0.15) is 5.56 Å². The number of hydrogen-bond donors (Lipinski definition) is 4. The molecule has 39 heavy (non-hydrogen) atoms. The van der Waals surface area contributed by atoms with E-state index in [-0.39, 0.29) is 0 Å². The lowest BCUT2D eigenvalue weighted by Crippen LogP contribution is -2.02. The monoisotopic (exact) mass is 497 g/mol. The molecule has 5 nitrogen and oxygen atoms in total. The maximum atomic E-state index is 6.11. The van der Waals surface area contributed by atoms with Gasteiger partial charge in [0.25, 0.3) is 0 Å². The minimum Gasteiger partial charge on any atom is -0.381 e. The number of anilines is 1. The van der Waals surface area contributed by atoms with Crippen LogP contribution in [0.3, 0.4) is 0 Å². The van der Waals surface area contributed by atoms with E-state index in [4.69, 9.17) is 20.7 Å². The first-order valence-electron chi connectivity index (χ1n) is 12.9. The quantitative estimate of drug-likeness (QED) is 0.186. The van der Waals surface area contributed by atoms with Crippen molar-refractivity contribution in [2.24, 2.45) is 0 Å². The van der Waals surface area contributed by atoms with E-state index in [2.05, 4.69) is 62.7 Å². The first-order valence-corrected chi connectivity index (χ1v) is 12.9. The van der Waals surface area contributed by atoms with Crippen LogP contribution in [-0.4, -0.2) is 35.6 Å². The summed E-state index contributed by atoms with van der Waals surface area (Å²) >= 11 is 0. The normalized spacial score (nSPS) is 11.9. The van der Waals surface area contributed by atoms with Crippen LogP contribution in [0, 0.1) is 0 Å². The highest BCUT2D eigenvalue weighted by Gasteiger charge is 2.16. The van der Waals surface area contributed by atoms with Crippen LogP contribution < -0.4 is 16.2 Å². The smallest absolute Gasteiger partial charge is 0.140 e. The molecule has 0 bridgehead atoms. The highest BCUT2D eigenvalue weighted by Crippen LogP contribution is 2.37. The Labute approximate surface area is 226 Å². The summed E-state index contributed by atoms with van der Waals surface area (Å²) in [5.74, 6) is 0.814. The molecule has 8 rings (SSSR count). The summed E-state index contributed by atoms with van der Waals surface area (Å²) in [5, 5.41) is 10.4. The van der Waals surface area contributed by atoms with E-state index in [0.717, 1.165) is 71.6 Å². The van der Waals surface area contributed by atoms with Crippen molar-refractivity contribution in [3.63, 3.8) is 0 Å². The summed E-state index contributed by atoms with van der Waals surface area (Å²) in [6.45, 7) is 0.675. The van der Waals surface area contributed by atoms with Crippen molar-refractivity contribution in [2.45, 2.75) is 6.54 Å². The number of aromatic nitrogens is 4. The molecular weight excluding hydrogens is 476 g/mol. The van der Waals surface area contributed by atoms with E-state index in [1.807, 2.05) is 48.8 Å². The predicted octanol–water partition coefficient (Wildman–Crippen LogP) is 5.70. The van der Waals surface area contributed by atoms with Gasteiger partial charge in [-0.25, -0.2) is 4.98 Å². The summed E-state index contributed by atoms with van der Waals surface area (Å²) < 4.78 is 0. The molecular formula is C32H21B2N5. The minimum atomic E-state index is 0.675. The summed E-state index contributed by atoms with van der Waals surface area (Å²) in [7, 11) is 12.2. The molecule has 3 heterocycles. The third kappa shape index (κ3) is 3.47. The zero-order valence-electron chi connectivity index (χ0n) is 21.0. The lowest BCUT2D eigenvalue weighted by atomic mass is 9.94. The van der Waals surface area contributed by atoms with Gasteiger partial charge in [0.2, 0.25) is 0 Å². The van der Waals surface area contributed by atoms with Gasteiger partial charge in [0.05, 0.1) is 11.0 Å². The molecule has 0 fully saturated rings. The van der Waals surface area contributed by atoms with Gasteiger partial charge in [0.1, 0.15) is 21.5 Å². The Morgan fingerprint density at radius 2 is 1.38 bits per heavy atom. The molecule has 0 amide bonds. The molecule has 0 unspecified atom stereocenters. The number of H-pyrrole nitrogens is 3. The van der Waals surface area contributed by atoms with E-state index in [1.54, 1.807) is 0 Å². The number of imidazole rings is 1. The summed E-state index contributed by atoms with van der Waals surface area (Å²) in [6.07, 6.45) is 4.03. The molecule has 0 saturated carbocycles. The molecule has 0 aliphatic carbocycles. The summed E-state index contributed by atoms with van der Waals surface area (Å²) in [6, 6.07) is 26.9. The van der Waals surface area contributed by atoms with Crippen LogP contribution in [0.25, 0.3) is 65.8 Å². The molecule has 0 saturated heterocycles. The fourth-order valence-electron chi connectivity index (χ4n) is 5.79. The van der Waals surface area contributed by atoms with Crippen molar-refractivity contribution in [3.05, 3.63) is 96.8 Å². The molecule has 4 N–H and O–H groups in total. The lowest BCUT2D eigenvalue weighted by Gasteiger charge is -2.10. The van der Waals surface area contributed by atoms with Crippen LogP contribution >= 0.6 is 0 Å². The largest absolute Gasteiger partial charge is 0.381 e. The van der Waals surface area contributed by atoms with Gasteiger partial charge >= 0.3 is 0 Å². The fourth-order valence-corrected chi connectivity index (χ4v) is 5.79. The van der Waals surface area contributed by atoms with E-state index in [1.165, 1.54) is 16.3 Å². The maximum Gasteiger partial charge on any atom is 0.140 e. The Kier molecular flexibility index (Phi) is 4.71. The Hall–Kier alpha value is -4.90. The van der Waals surface area contributed by atoms with Gasteiger partial charge in [-0.05, 0) is 40.6 Å². The van der Waals surface area contributed by atoms with Crippen molar-refractivity contribution < 1.29 is 0 Å². The Morgan fingerprint density at radius 3 is 2.23 bits per heavy atom. The average molecular weight is 497 g/mol. The summed E-state index contributed by atoms with van der Waals surface area (Å²) in [5.41, 5.74) is 8.76. The van der Waals surface area contributed by atoms with Gasteiger partial charge in [0, 0.05) is 62.8 Å². The third-order valence-electron chi connectivity index (χ3n) is 7.70. The number of rotatable bonds is 4. The molecule has 5 aromatic carbocycles. The Balaban J connectivity index is 1.28. The molecule has 0 aliphatic rings. The average Bonchev–Trinajstić information content (AvgIpc) is 3.68. The highest BCUT2D eigenvalue weighted by atomic mass is 14.9. The number of fused-ring (bicyclic) bond motifs is 8. The SMILES string of the molecule is [B]c1ccc2[nH]cc(CNc3ccc4c5ccccc5c5[nH]c(-c6c[nH]c7ccc([B])cc67)nc5c4c3)c2c1. The van der Waals surface area contributed by atoms with Crippen molar-refractivity contribution in [1.82, 2.24) is 19.9 Å². The van der Waals surface area contributed by atoms with E-state index < -0.39 is 0 Å². The Morgan fingerprint density at radius 1 is 0.667 bits per heavy atom.